The molecule has 0 spiro atoms. The van der Waals surface area contributed by atoms with Crippen LogP contribution in [0, 0.1) is 0 Å². The topological polar surface area (TPSA) is 47.6 Å². The summed E-state index contributed by atoms with van der Waals surface area (Å²) in [7, 11) is 1.63. The first-order valence-corrected chi connectivity index (χ1v) is 7.16. The number of rotatable bonds is 9. The maximum absolute atomic E-state index is 11.7. The van der Waals surface area contributed by atoms with Gasteiger partial charge in [-0.25, -0.2) is 0 Å². The minimum atomic E-state index is -0.0638. The Labute approximate surface area is 129 Å². The van der Waals surface area contributed by atoms with Crippen molar-refractivity contribution >= 4 is 29.1 Å². The van der Waals surface area contributed by atoms with Crippen molar-refractivity contribution in [1.29, 1.82) is 0 Å². The van der Waals surface area contributed by atoms with Gasteiger partial charge in [0.25, 0.3) is 0 Å². The van der Waals surface area contributed by atoms with Crippen LogP contribution in [0.4, 0.5) is 0 Å². The van der Waals surface area contributed by atoms with Crippen LogP contribution >= 0.6 is 23.2 Å². The van der Waals surface area contributed by atoms with E-state index in [1.54, 1.807) is 25.3 Å². The maximum Gasteiger partial charge on any atom is 0.224 e. The second-order valence-electron chi connectivity index (χ2n) is 4.22. The minimum Gasteiger partial charge on any atom is -0.382 e. The monoisotopic (exact) mass is 319 g/mol. The van der Waals surface area contributed by atoms with E-state index in [-0.39, 0.29) is 12.3 Å². The van der Waals surface area contributed by atoms with Crippen LogP contribution in [0.25, 0.3) is 0 Å². The lowest BCUT2D eigenvalue weighted by Crippen LogP contribution is -2.27. The molecule has 0 aliphatic rings. The predicted molar refractivity (Wildman–Crippen MR) is 80.5 cm³/mol. The molecule has 1 rings (SSSR count). The van der Waals surface area contributed by atoms with Gasteiger partial charge in [-0.05, 0) is 24.1 Å². The van der Waals surface area contributed by atoms with Gasteiger partial charge in [0.15, 0.2) is 0 Å². The highest BCUT2D eigenvalue weighted by molar-refractivity contribution is 6.35. The van der Waals surface area contributed by atoms with E-state index in [0.717, 1.165) is 12.0 Å². The molecule has 6 heteroatoms. The van der Waals surface area contributed by atoms with Crippen LogP contribution in [0.5, 0.6) is 0 Å². The van der Waals surface area contributed by atoms with Gasteiger partial charge in [-0.15, -0.1) is 0 Å². The van der Waals surface area contributed by atoms with E-state index in [1.165, 1.54) is 0 Å². The Morgan fingerprint density at radius 1 is 1.25 bits per heavy atom. The van der Waals surface area contributed by atoms with Crippen molar-refractivity contribution in [2.75, 3.05) is 33.5 Å². The molecule has 20 heavy (non-hydrogen) atoms. The van der Waals surface area contributed by atoms with Crippen LogP contribution in [0.2, 0.25) is 10.0 Å². The first kappa shape index (κ1) is 17.2. The Kier molecular flexibility index (Phi) is 8.62. The molecule has 0 bridgehead atoms. The lowest BCUT2D eigenvalue weighted by Gasteiger charge is -2.07. The summed E-state index contributed by atoms with van der Waals surface area (Å²) in [6.07, 6.45) is 1.02. The molecule has 1 N–H and O–H groups in total. The SMILES string of the molecule is COCCOCCCNC(=O)Cc1ccc(Cl)cc1Cl. The summed E-state index contributed by atoms with van der Waals surface area (Å²) < 4.78 is 10.2. The molecule has 112 valence electrons. The first-order valence-electron chi connectivity index (χ1n) is 6.41. The van der Waals surface area contributed by atoms with Crippen molar-refractivity contribution in [3.8, 4) is 0 Å². The molecular formula is C14H19Cl2NO3. The molecule has 1 amide bonds. The highest BCUT2D eigenvalue weighted by Gasteiger charge is 2.07. The van der Waals surface area contributed by atoms with Crippen LogP contribution in [0.3, 0.4) is 0 Å². The van der Waals surface area contributed by atoms with E-state index >= 15 is 0 Å². The molecule has 1 aromatic carbocycles. The summed E-state index contributed by atoms with van der Waals surface area (Å²) >= 11 is 11.8. The molecule has 4 nitrogen and oxygen atoms in total. The third-order valence-electron chi connectivity index (χ3n) is 2.59. The Morgan fingerprint density at radius 2 is 2.05 bits per heavy atom. The number of nitrogens with one attached hydrogen (secondary N) is 1. The fourth-order valence-corrected chi connectivity index (χ4v) is 2.02. The number of halogens is 2. The third-order valence-corrected chi connectivity index (χ3v) is 3.17. The second kappa shape index (κ2) is 10.00. The largest absolute Gasteiger partial charge is 0.382 e. The third kappa shape index (κ3) is 7.10. The lowest BCUT2D eigenvalue weighted by molar-refractivity contribution is -0.120. The molecule has 0 aromatic heterocycles. The van der Waals surface area contributed by atoms with Gasteiger partial charge in [-0.1, -0.05) is 29.3 Å². The van der Waals surface area contributed by atoms with Crippen molar-refractivity contribution < 1.29 is 14.3 Å². The summed E-state index contributed by atoms with van der Waals surface area (Å²) in [6.45, 7) is 2.34. The number of carbonyl (C=O) groups is 1. The van der Waals surface area contributed by atoms with E-state index in [2.05, 4.69) is 5.32 Å². The average Bonchev–Trinajstić information content (AvgIpc) is 2.41. The fourth-order valence-electron chi connectivity index (χ4n) is 1.55. The number of hydrogen-bond acceptors (Lipinski definition) is 3. The predicted octanol–water partition coefficient (Wildman–Crippen LogP) is 2.71. The van der Waals surface area contributed by atoms with Gasteiger partial charge >= 0.3 is 0 Å². The summed E-state index contributed by atoms with van der Waals surface area (Å²) in [5.74, 6) is -0.0638. The number of amides is 1. The molecule has 0 saturated carbocycles. The van der Waals surface area contributed by atoms with Crippen molar-refractivity contribution in [2.24, 2.45) is 0 Å². The van der Waals surface area contributed by atoms with Gasteiger partial charge in [-0.3, -0.25) is 4.79 Å². The van der Waals surface area contributed by atoms with Gasteiger partial charge in [0.2, 0.25) is 5.91 Å². The summed E-state index contributed by atoms with van der Waals surface area (Å²) in [4.78, 5) is 11.7. The molecular weight excluding hydrogens is 301 g/mol. The number of methoxy groups -OCH3 is 1. The molecule has 0 unspecified atom stereocenters. The Bertz CT molecular complexity index is 427. The van der Waals surface area contributed by atoms with Crippen LogP contribution in [-0.2, 0) is 20.7 Å². The number of hydrogen-bond donors (Lipinski definition) is 1. The highest BCUT2D eigenvalue weighted by atomic mass is 35.5. The molecule has 1 aromatic rings. The smallest absolute Gasteiger partial charge is 0.224 e. The first-order chi connectivity index (χ1) is 9.63. The van der Waals surface area contributed by atoms with Crippen LogP contribution in [0.1, 0.15) is 12.0 Å². The highest BCUT2D eigenvalue weighted by Crippen LogP contribution is 2.21. The second-order valence-corrected chi connectivity index (χ2v) is 5.06. The van der Waals surface area contributed by atoms with E-state index in [9.17, 15) is 4.79 Å². The van der Waals surface area contributed by atoms with Crippen LogP contribution in [-0.4, -0.2) is 39.4 Å². The fraction of sp³-hybridized carbons (Fsp3) is 0.500. The van der Waals surface area contributed by atoms with Crippen molar-refractivity contribution in [1.82, 2.24) is 5.32 Å². The minimum absolute atomic E-state index is 0.0638. The van der Waals surface area contributed by atoms with E-state index < -0.39 is 0 Å². The summed E-state index contributed by atoms with van der Waals surface area (Å²) in [6, 6.07) is 5.12. The quantitative estimate of drug-likeness (QED) is 0.712. The zero-order valence-corrected chi connectivity index (χ0v) is 13.0. The van der Waals surface area contributed by atoms with Gasteiger partial charge in [0, 0.05) is 30.3 Å². The van der Waals surface area contributed by atoms with Crippen molar-refractivity contribution in [3.63, 3.8) is 0 Å². The van der Waals surface area contributed by atoms with Crippen LogP contribution < -0.4 is 5.32 Å². The van der Waals surface area contributed by atoms with Gasteiger partial charge in [0.1, 0.15) is 0 Å². The Balaban J connectivity index is 2.17. The van der Waals surface area contributed by atoms with Gasteiger partial charge in [0.05, 0.1) is 19.6 Å². The van der Waals surface area contributed by atoms with Gasteiger partial charge < -0.3 is 14.8 Å². The van der Waals surface area contributed by atoms with E-state index in [1.807, 2.05) is 0 Å². The number of benzene rings is 1. The van der Waals surface area contributed by atoms with Gasteiger partial charge in [-0.2, -0.15) is 0 Å². The summed E-state index contributed by atoms with van der Waals surface area (Å²) in [5, 5.41) is 3.89. The molecule has 0 aliphatic carbocycles. The Morgan fingerprint density at radius 3 is 2.75 bits per heavy atom. The number of ether oxygens (including phenoxy) is 2. The molecule has 0 heterocycles. The van der Waals surface area contributed by atoms with Crippen molar-refractivity contribution in [3.05, 3.63) is 33.8 Å². The molecule has 0 aliphatic heterocycles. The average molecular weight is 320 g/mol. The molecule has 0 radical (unpaired) electrons. The van der Waals surface area contributed by atoms with E-state index in [4.69, 9.17) is 32.7 Å². The lowest BCUT2D eigenvalue weighted by atomic mass is 10.1. The van der Waals surface area contributed by atoms with Crippen molar-refractivity contribution in [2.45, 2.75) is 12.8 Å². The zero-order valence-electron chi connectivity index (χ0n) is 11.5. The molecule has 0 saturated heterocycles. The van der Waals surface area contributed by atoms with E-state index in [0.29, 0.717) is 36.4 Å². The zero-order chi connectivity index (χ0) is 14.8. The molecule has 0 fully saturated rings. The standard InChI is InChI=1S/C14H19Cl2NO3/c1-19-7-8-20-6-2-5-17-14(18)9-11-3-4-12(15)10-13(11)16/h3-4,10H,2,5-9H2,1H3,(H,17,18). The number of carbonyl (C=O) groups excluding carboxylic acids is 1. The Hall–Kier alpha value is -0.810. The van der Waals surface area contributed by atoms with Crippen LogP contribution in [0.15, 0.2) is 18.2 Å². The molecule has 0 atom stereocenters. The summed E-state index contributed by atoms with van der Waals surface area (Å²) in [5.41, 5.74) is 0.768. The maximum atomic E-state index is 11.7. The normalized spacial score (nSPS) is 10.6.